The van der Waals surface area contributed by atoms with Crippen molar-refractivity contribution >= 4 is 6.03 Å². The van der Waals surface area contributed by atoms with E-state index in [0.717, 1.165) is 51.9 Å². The van der Waals surface area contributed by atoms with Crippen LogP contribution in [0.1, 0.15) is 44.1 Å². The van der Waals surface area contributed by atoms with Gasteiger partial charge in [-0.15, -0.1) is 0 Å². The first-order valence-corrected chi connectivity index (χ1v) is 10.5. The number of carbonyl (C=O) groups is 1. The molecule has 2 saturated heterocycles. The Morgan fingerprint density at radius 2 is 1.74 bits per heavy atom. The van der Waals surface area contributed by atoms with E-state index in [4.69, 9.17) is 0 Å². The third kappa shape index (κ3) is 3.59. The maximum atomic E-state index is 12.7. The van der Waals surface area contributed by atoms with Crippen LogP contribution >= 0.6 is 0 Å². The molecule has 1 aromatic carbocycles. The number of nitrogens with one attached hydrogen (secondary N) is 2. The summed E-state index contributed by atoms with van der Waals surface area (Å²) in [5.74, 6) is 0.654. The van der Waals surface area contributed by atoms with Crippen molar-refractivity contribution in [2.45, 2.75) is 49.6 Å². The maximum Gasteiger partial charge on any atom is 0.317 e. The van der Waals surface area contributed by atoms with Crippen molar-refractivity contribution in [3.63, 3.8) is 0 Å². The van der Waals surface area contributed by atoms with Crippen molar-refractivity contribution in [2.24, 2.45) is 5.92 Å². The molecule has 3 aliphatic rings. The van der Waals surface area contributed by atoms with Crippen molar-refractivity contribution in [1.29, 1.82) is 0 Å². The molecule has 0 atom stereocenters. The third-order valence-corrected chi connectivity index (χ3v) is 7.29. The minimum absolute atomic E-state index is 0.0295. The van der Waals surface area contributed by atoms with E-state index in [1.807, 2.05) is 0 Å². The second-order valence-corrected chi connectivity index (χ2v) is 9.08. The molecule has 1 aliphatic carbocycles. The van der Waals surface area contributed by atoms with E-state index in [0.29, 0.717) is 5.92 Å². The first kappa shape index (κ1) is 18.8. The van der Waals surface area contributed by atoms with E-state index in [-0.39, 0.29) is 17.1 Å². The fraction of sp³-hybridized carbons (Fsp3) is 0.682. The highest BCUT2D eigenvalue weighted by atomic mass is 16.2. The molecule has 148 valence electrons. The highest BCUT2D eigenvalue weighted by molar-refractivity contribution is 5.78. The molecule has 3 fully saturated rings. The zero-order chi connectivity index (χ0) is 18.9. The van der Waals surface area contributed by atoms with E-state index in [1.54, 1.807) is 0 Å². The Kier molecular flexibility index (Phi) is 5.17. The van der Waals surface area contributed by atoms with Crippen molar-refractivity contribution in [2.75, 3.05) is 40.3 Å². The Hall–Kier alpha value is -1.59. The summed E-state index contributed by atoms with van der Waals surface area (Å²) < 4.78 is 0. The molecule has 0 aromatic heterocycles. The summed E-state index contributed by atoms with van der Waals surface area (Å²) in [4.78, 5) is 17.2. The largest absolute Gasteiger partial charge is 0.331 e. The topological polar surface area (TPSA) is 47.6 Å². The molecule has 5 nitrogen and oxygen atoms in total. The SMILES string of the molecule is CN(C)C1(c2ccccc2)CCC2(CC1)CN(CC1CCNCC1)C(=O)N2. The Morgan fingerprint density at radius 1 is 1.07 bits per heavy atom. The minimum atomic E-state index is -0.0295. The lowest BCUT2D eigenvalue weighted by Crippen LogP contribution is -2.54. The second-order valence-electron chi connectivity index (χ2n) is 9.08. The maximum absolute atomic E-state index is 12.7. The van der Waals surface area contributed by atoms with Crippen molar-refractivity contribution in [3.05, 3.63) is 35.9 Å². The van der Waals surface area contributed by atoms with Crippen LogP contribution in [0.2, 0.25) is 0 Å². The number of amides is 2. The zero-order valence-electron chi connectivity index (χ0n) is 16.8. The number of benzene rings is 1. The summed E-state index contributed by atoms with van der Waals surface area (Å²) in [6, 6.07) is 11.0. The summed E-state index contributed by atoms with van der Waals surface area (Å²) in [5, 5.41) is 6.81. The summed E-state index contributed by atoms with van der Waals surface area (Å²) in [6.45, 7) is 3.99. The van der Waals surface area contributed by atoms with E-state index < -0.39 is 0 Å². The Bertz CT molecular complexity index is 646. The fourth-order valence-electron chi connectivity index (χ4n) is 5.47. The number of hydrogen-bond donors (Lipinski definition) is 2. The van der Waals surface area contributed by atoms with Gasteiger partial charge in [0.05, 0.1) is 5.54 Å². The van der Waals surface area contributed by atoms with Gasteiger partial charge in [-0.05, 0) is 77.2 Å². The molecule has 2 N–H and O–H groups in total. The summed E-state index contributed by atoms with van der Waals surface area (Å²) in [5.41, 5.74) is 1.46. The van der Waals surface area contributed by atoms with Crippen molar-refractivity contribution in [1.82, 2.24) is 20.4 Å². The van der Waals surface area contributed by atoms with Crippen LogP contribution < -0.4 is 10.6 Å². The van der Waals surface area contributed by atoms with Crippen LogP contribution in [0, 0.1) is 5.92 Å². The van der Waals surface area contributed by atoms with E-state index in [2.05, 4.69) is 64.9 Å². The Labute approximate surface area is 163 Å². The predicted octanol–water partition coefficient (Wildman–Crippen LogP) is 2.78. The van der Waals surface area contributed by atoms with Gasteiger partial charge in [0.15, 0.2) is 0 Å². The first-order chi connectivity index (χ1) is 13.0. The van der Waals surface area contributed by atoms with Gasteiger partial charge in [0, 0.05) is 18.6 Å². The van der Waals surface area contributed by atoms with E-state index >= 15 is 0 Å². The smallest absolute Gasteiger partial charge is 0.317 e. The third-order valence-electron chi connectivity index (χ3n) is 7.29. The normalized spacial score (nSPS) is 32.3. The summed E-state index contributed by atoms with van der Waals surface area (Å²) in [7, 11) is 4.39. The molecule has 1 saturated carbocycles. The zero-order valence-corrected chi connectivity index (χ0v) is 16.8. The van der Waals surface area contributed by atoms with Gasteiger partial charge < -0.3 is 15.5 Å². The Balaban J connectivity index is 1.44. The number of hydrogen-bond acceptors (Lipinski definition) is 3. The van der Waals surface area contributed by atoms with E-state index in [9.17, 15) is 4.79 Å². The molecule has 5 heteroatoms. The summed E-state index contributed by atoms with van der Waals surface area (Å²) >= 11 is 0. The average Bonchev–Trinajstić information content (AvgIpc) is 2.99. The number of carbonyl (C=O) groups excluding carboxylic acids is 1. The standard InChI is InChI=1S/C22H34N4O/c1-25(2)22(19-6-4-3-5-7-19)12-10-21(11-13-22)17-26(20(27)24-21)16-18-8-14-23-15-9-18/h3-7,18,23H,8-17H2,1-2H3,(H,24,27). The van der Waals surface area contributed by atoms with Gasteiger partial charge in [0.1, 0.15) is 0 Å². The fourth-order valence-corrected chi connectivity index (χ4v) is 5.47. The Morgan fingerprint density at radius 3 is 2.37 bits per heavy atom. The minimum Gasteiger partial charge on any atom is -0.331 e. The molecule has 2 amide bonds. The van der Waals surface area contributed by atoms with Gasteiger partial charge in [-0.3, -0.25) is 4.90 Å². The van der Waals surface area contributed by atoms with Gasteiger partial charge >= 0.3 is 6.03 Å². The van der Waals surface area contributed by atoms with Crippen LogP contribution in [-0.4, -0.2) is 61.6 Å². The van der Waals surface area contributed by atoms with Gasteiger partial charge in [0.25, 0.3) is 0 Å². The van der Waals surface area contributed by atoms with Gasteiger partial charge in [0.2, 0.25) is 0 Å². The number of urea groups is 1. The van der Waals surface area contributed by atoms with Crippen LogP contribution in [0.5, 0.6) is 0 Å². The van der Waals surface area contributed by atoms with E-state index in [1.165, 1.54) is 18.4 Å². The second kappa shape index (κ2) is 7.44. The van der Waals surface area contributed by atoms with Crippen LogP contribution in [0.25, 0.3) is 0 Å². The summed E-state index contributed by atoms with van der Waals surface area (Å²) in [6.07, 6.45) is 6.66. The van der Waals surface area contributed by atoms with Crippen molar-refractivity contribution < 1.29 is 4.79 Å². The lowest BCUT2D eigenvalue weighted by atomic mass is 9.69. The first-order valence-electron chi connectivity index (χ1n) is 10.5. The molecule has 0 bridgehead atoms. The van der Waals surface area contributed by atoms with Crippen LogP contribution in [0.15, 0.2) is 30.3 Å². The molecule has 1 aromatic rings. The predicted molar refractivity (Wildman–Crippen MR) is 109 cm³/mol. The van der Waals surface area contributed by atoms with Crippen LogP contribution in [0.4, 0.5) is 4.79 Å². The van der Waals surface area contributed by atoms with Gasteiger partial charge in [-0.25, -0.2) is 4.79 Å². The number of piperidine rings is 1. The molecule has 2 aliphatic heterocycles. The molecular formula is C22H34N4O. The molecule has 1 spiro atoms. The molecule has 0 radical (unpaired) electrons. The molecule has 27 heavy (non-hydrogen) atoms. The van der Waals surface area contributed by atoms with Gasteiger partial charge in [-0.2, -0.15) is 0 Å². The van der Waals surface area contributed by atoms with Crippen LogP contribution in [0.3, 0.4) is 0 Å². The lowest BCUT2D eigenvalue weighted by molar-refractivity contribution is 0.0613. The van der Waals surface area contributed by atoms with Crippen LogP contribution in [-0.2, 0) is 5.54 Å². The van der Waals surface area contributed by atoms with Crippen molar-refractivity contribution in [3.8, 4) is 0 Å². The quantitative estimate of drug-likeness (QED) is 0.857. The highest BCUT2D eigenvalue weighted by Gasteiger charge is 2.50. The molecule has 2 heterocycles. The molecule has 0 unspecified atom stereocenters. The lowest BCUT2D eigenvalue weighted by Gasteiger charge is -2.48. The number of rotatable bonds is 4. The molecule has 4 rings (SSSR count). The van der Waals surface area contributed by atoms with Gasteiger partial charge in [-0.1, -0.05) is 30.3 Å². The number of nitrogens with zero attached hydrogens (tertiary/aromatic N) is 2. The highest BCUT2D eigenvalue weighted by Crippen LogP contribution is 2.46. The molecular weight excluding hydrogens is 336 g/mol. The monoisotopic (exact) mass is 370 g/mol. The average molecular weight is 371 g/mol.